The zero-order valence-corrected chi connectivity index (χ0v) is 21.5. The average molecular weight is 501 g/mol. The topological polar surface area (TPSA) is 100 Å². The number of nitrogens with zero attached hydrogens (tertiary/aromatic N) is 4. The van der Waals surface area contributed by atoms with Gasteiger partial charge in [-0.2, -0.15) is 0 Å². The summed E-state index contributed by atoms with van der Waals surface area (Å²) in [5.41, 5.74) is 3.32. The minimum Gasteiger partial charge on any atom is -0.351 e. The molecule has 1 aliphatic rings. The maximum absolute atomic E-state index is 14.7. The molecule has 3 aromatic rings. The van der Waals surface area contributed by atoms with Gasteiger partial charge >= 0.3 is 0 Å². The number of hydrogen-bond acceptors (Lipinski definition) is 7. The number of benzene rings is 1. The predicted molar refractivity (Wildman–Crippen MR) is 139 cm³/mol. The number of rotatable bonds is 8. The van der Waals surface area contributed by atoms with Gasteiger partial charge in [0.05, 0.1) is 28.8 Å². The van der Waals surface area contributed by atoms with Gasteiger partial charge < -0.3 is 10.2 Å². The fourth-order valence-electron chi connectivity index (χ4n) is 4.56. The van der Waals surface area contributed by atoms with E-state index in [0.717, 1.165) is 36.8 Å². The molecule has 2 aromatic heterocycles. The van der Waals surface area contributed by atoms with E-state index in [1.807, 2.05) is 13.0 Å². The summed E-state index contributed by atoms with van der Waals surface area (Å²) in [5, 5.41) is 3.47. The van der Waals surface area contributed by atoms with E-state index in [-0.39, 0.29) is 11.4 Å². The highest BCUT2D eigenvalue weighted by Gasteiger charge is 2.23. The van der Waals surface area contributed by atoms with E-state index in [1.54, 1.807) is 19.2 Å². The van der Waals surface area contributed by atoms with Gasteiger partial charge in [-0.1, -0.05) is 13.0 Å². The highest BCUT2D eigenvalue weighted by atomic mass is 32.2. The van der Waals surface area contributed by atoms with E-state index < -0.39 is 15.8 Å². The standard InChI is InChI=1S/C25H33FN6O2S/c1-5-12-35(33,34)31-21-11-6-17(14-20(21)26)22-13-16(2)24-23(29-22)15-27-25(30-24)28-18-7-9-19(10-8-18)32(3)4/h6,11,13-15,18-19,31H,5,7-10,12H2,1-4H3,(H,27,28,30)/t18-,19-. The number of hydrogen-bond donors (Lipinski definition) is 2. The largest absolute Gasteiger partial charge is 0.351 e. The molecular formula is C25H33FN6O2S. The molecule has 0 spiro atoms. The van der Waals surface area contributed by atoms with Gasteiger partial charge in [0.15, 0.2) is 0 Å². The van der Waals surface area contributed by atoms with Gasteiger partial charge in [-0.05, 0) is 76.9 Å². The second kappa shape index (κ2) is 10.4. The number of sulfonamides is 1. The number of pyridine rings is 1. The van der Waals surface area contributed by atoms with Crippen molar-refractivity contribution in [2.45, 2.75) is 58.0 Å². The Balaban J connectivity index is 1.52. The summed E-state index contributed by atoms with van der Waals surface area (Å²) >= 11 is 0. The van der Waals surface area contributed by atoms with Crippen molar-refractivity contribution in [1.82, 2.24) is 19.9 Å². The molecule has 1 aliphatic carbocycles. The lowest BCUT2D eigenvalue weighted by molar-refractivity contribution is 0.221. The lowest BCUT2D eigenvalue weighted by Crippen LogP contribution is -2.36. The first-order valence-corrected chi connectivity index (χ1v) is 13.7. The Morgan fingerprint density at radius 2 is 1.86 bits per heavy atom. The summed E-state index contributed by atoms with van der Waals surface area (Å²) in [6, 6.07) is 7.21. The van der Waals surface area contributed by atoms with Crippen LogP contribution in [0.1, 0.15) is 44.6 Å². The van der Waals surface area contributed by atoms with Gasteiger partial charge in [0.25, 0.3) is 0 Å². The fourth-order valence-corrected chi connectivity index (χ4v) is 5.70. The van der Waals surface area contributed by atoms with E-state index >= 15 is 0 Å². The van der Waals surface area contributed by atoms with E-state index in [2.05, 4.69) is 39.0 Å². The molecule has 0 radical (unpaired) electrons. The van der Waals surface area contributed by atoms with Crippen LogP contribution >= 0.6 is 0 Å². The van der Waals surface area contributed by atoms with Crippen molar-refractivity contribution in [2.24, 2.45) is 0 Å². The fraction of sp³-hybridized carbons (Fsp3) is 0.480. The Hall–Kier alpha value is -2.85. The summed E-state index contributed by atoms with van der Waals surface area (Å²) in [6.45, 7) is 3.70. The Bertz CT molecular complexity index is 1310. The van der Waals surface area contributed by atoms with Crippen LogP contribution in [-0.4, -0.2) is 60.2 Å². The highest BCUT2D eigenvalue weighted by molar-refractivity contribution is 7.92. The molecule has 0 amide bonds. The van der Waals surface area contributed by atoms with Crippen LogP contribution in [0, 0.1) is 12.7 Å². The van der Waals surface area contributed by atoms with Gasteiger partial charge in [0, 0.05) is 17.6 Å². The number of halogens is 1. The lowest BCUT2D eigenvalue weighted by Gasteiger charge is -2.32. The van der Waals surface area contributed by atoms with Crippen LogP contribution in [0.5, 0.6) is 0 Å². The number of anilines is 2. The Morgan fingerprint density at radius 3 is 2.51 bits per heavy atom. The molecule has 2 heterocycles. The molecule has 4 rings (SSSR count). The minimum atomic E-state index is -3.57. The molecule has 2 N–H and O–H groups in total. The second-order valence-electron chi connectivity index (χ2n) is 9.48. The summed E-state index contributed by atoms with van der Waals surface area (Å²) in [6.07, 6.45) is 6.60. The van der Waals surface area contributed by atoms with Gasteiger partial charge in [-0.3, -0.25) is 4.72 Å². The molecule has 188 valence electrons. The minimum absolute atomic E-state index is 0.0617. The van der Waals surface area contributed by atoms with Gasteiger partial charge in [-0.15, -0.1) is 0 Å². The summed E-state index contributed by atoms with van der Waals surface area (Å²) in [7, 11) is 0.691. The number of nitrogens with one attached hydrogen (secondary N) is 2. The Kier molecular flexibility index (Phi) is 7.51. The summed E-state index contributed by atoms with van der Waals surface area (Å²) in [4.78, 5) is 16.1. The third-order valence-electron chi connectivity index (χ3n) is 6.50. The van der Waals surface area contributed by atoms with E-state index in [1.165, 1.54) is 12.1 Å². The quantitative estimate of drug-likeness (QED) is 0.467. The Morgan fingerprint density at radius 1 is 1.11 bits per heavy atom. The first-order chi connectivity index (χ1) is 16.6. The van der Waals surface area contributed by atoms with Crippen molar-refractivity contribution in [3.63, 3.8) is 0 Å². The van der Waals surface area contributed by atoms with Crippen molar-refractivity contribution in [1.29, 1.82) is 0 Å². The zero-order chi connectivity index (χ0) is 25.2. The molecule has 0 unspecified atom stereocenters. The molecule has 0 saturated heterocycles. The SMILES string of the molecule is CCCS(=O)(=O)Nc1ccc(-c2cc(C)c3nc(N[C@H]4CC[C@H](N(C)C)CC4)ncc3n2)cc1F. The molecule has 1 saturated carbocycles. The van der Waals surface area contributed by atoms with Crippen LogP contribution in [-0.2, 0) is 10.0 Å². The van der Waals surface area contributed by atoms with Crippen LogP contribution in [0.3, 0.4) is 0 Å². The zero-order valence-electron chi connectivity index (χ0n) is 20.7. The van der Waals surface area contributed by atoms with Gasteiger partial charge in [0.2, 0.25) is 16.0 Å². The predicted octanol–water partition coefficient (Wildman–Crippen LogP) is 4.58. The third kappa shape index (κ3) is 6.05. The van der Waals surface area contributed by atoms with Gasteiger partial charge in [0.1, 0.15) is 11.3 Å². The van der Waals surface area contributed by atoms with Crippen LogP contribution in [0.4, 0.5) is 16.0 Å². The van der Waals surface area contributed by atoms with E-state index in [4.69, 9.17) is 4.98 Å². The second-order valence-corrected chi connectivity index (χ2v) is 11.3. The monoisotopic (exact) mass is 500 g/mol. The van der Waals surface area contributed by atoms with E-state index in [9.17, 15) is 12.8 Å². The molecule has 0 aliphatic heterocycles. The maximum atomic E-state index is 14.7. The van der Waals surface area contributed by atoms with Gasteiger partial charge in [-0.25, -0.2) is 27.8 Å². The lowest BCUT2D eigenvalue weighted by atomic mass is 9.91. The molecular weight excluding hydrogens is 467 g/mol. The van der Waals surface area contributed by atoms with Crippen molar-refractivity contribution < 1.29 is 12.8 Å². The van der Waals surface area contributed by atoms with Crippen molar-refractivity contribution in [2.75, 3.05) is 29.9 Å². The molecule has 10 heteroatoms. The van der Waals surface area contributed by atoms with E-state index in [0.29, 0.717) is 41.2 Å². The smallest absolute Gasteiger partial charge is 0.232 e. The highest BCUT2D eigenvalue weighted by Crippen LogP contribution is 2.28. The molecule has 0 bridgehead atoms. The molecule has 1 fully saturated rings. The first kappa shape index (κ1) is 25.2. The van der Waals surface area contributed by atoms with Crippen molar-refractivity contribution in [3.8, 4) is 11.3 Å². The van der Waals surface area contributed by atoms with Crippen molar-refractivity contribution in [3.05, 3.63) is 41.8 Å². The normalized spacial score (nSPS) is 18.7. The van der Waals surface area contributed by atoms with Crippen LogP contribution < -0.4 is 10.0 Å². The van der Waals surface area contributed by atoms with Crippen LogP contribution in [0.25, 0.3) is 22.3 Å². The van der Waals surface area contributed by atoms with Crippen LogP contribution in [0.15, 0.2) is 30.5 Å². The Labute approximate surface area is 206 Å². The summed E-state index contributed by atoms with van der Waals surface area (Å²) in [5.74, 6) is -0.118. The molecule has 8 nitrogen and oxygen atoms in total. The first-order valence-electron chi connectivity index (χ1n) is 12.0. The average Bonchev–Trinajstić information content (AvgIpc) is 2.81. The number of aromatic nitrogens is 3. The molecule has 0 atom stereocenters. The summed E-state index contributed by atoms with van der Waals surface area (Å²) < 4.78 is 40.9. The number of aryl methyl sites for hydroxylation is 1. The number of fused-ring (bicyclic) bond motifs is 1. The van der Waals surface area contributed by atoms with Crippen molar-refractivity contribution >= 4 is 32.7 Å². The molecule has 1 aromatic carbocycles. The molecule has 35 heavy (non-hydrogen) atoms. The third-order valence-corrected chi connectivity index (χ3v) is 7.98. The van der Waals surface area contributed by atoms with Crippen LogP contribution in [0.2, 0.25) is 0 Å². The maximum Gasteiger partial charge on any atom is 0.232 e.